The maximum absolute atomic E-state index is 11.9. The average molecular weight is 339 g/mol. The van der Waals surface area contributed by atoms with Crippen molar-refractivity contribution in [1.82, 2.24) is 10.0 Å². The summed E-state index contributed by atoms with van der Waals surface area (Å²) in [6, 6.07) is 2.21. The molecule has 1 atom stereocenters. The molecule has 1 aliphatic rings. The molecule has 1 aliphatic heterocycles. The predicted octanol–water partition coefficient (Wildman–Crippen LogP) is 1.93. The standard InChI is InChI=1S/C10H15BrN2O2S2/c11-9-4-7-16-10(9)17(14,15)13-6-3-8-2-1-5-12-8/h4,7-8,12-13H,1-3,5-6H2. The molecule has 0 aromatic carbocycles. The first-order chi connectivity index (χ1) is 8.09. The minimum absolute atomic E-state index is 0.358. The summed E-state index contributed by atoms with van der Waals surface area (Å²) in [6.45, 7) is 1.54. The van der Waals surface area contributed by atoms with Gasteiger partial charge in [0.05, 0.1) is 0 Å². The number of hydrogen-bond acceptors (Lipinski definition) is 4. The molecule has 1 unspecified atom stereocenters. The lowest BCUT2D eigenvalue weighted by molar-refractivity contribution is 0.540. The lowest BCUT2D eigenvalue weighted by Crippen LogP contribution is -2.30. The van der Waals surface area contributed by atoms with Gasteiger partial charge < -0.3 is 5.32 Å². The van der Waals surface area contributed by atoms with Crippen molar-refractivity contribution in [2.75, 3.05) is 13.1 Å². The van der Waals surface area contributed by atoms with Crippen molar-refractivity contribution in [2.45, 2.75) is 29.5 Å². The summed E-state index contributed by atoms with van der Waals surface area (Å²) in [4.78, 5) is 0. The molecule has 1 fully saturated rings. The van der Waals surface area contributed by atoms with E-state index < -0.39 is 10.0 Å². The Balaban J connectivity index is 1.87. The van der Waals surface area contributed by atoms with Gasteiger partial charge in [-0.2, -0.15) is 0 Å². The molecule has 1 saturated heterocycles. The van der Waals surface area contributed by atoms with Crippen LogP contribution in [0.1, 0.15) is 19.3 Å². The number of thiophene rings is 1. The number of rotatable bonds is 5. The first kappa shape index (κ1) is 13.5. The molecule has 2 rings (SSSR count). The van der Waals surface area contributed by atoms with Crippen LogP contribution in [0, 0.1) is 0 Å². The van der Waals surface area contributed by atoms with Crippen LogP contribution in [0.25, 0.3) is 0 Å². The van der Waals surface area contributed by atoms with E-state index in [4.69, 9.17) is 0 Å². The Kier molecular flexibility index (Phi) is 4.59. The Morgan fingerprint density at radius 2 is 2.41 bits per heavy atom. The van der Waals surface area contributed by atoms with Gasteiger partial charge in [-0.15, -0.1) is 11.3 Å². The fourth-order valence-electron chi connectivity index (χ4n) is 1.91. The van der Waals surface area contributed by atoms with Crippen molar-refractivity contribution in [2.24, 2.45) is 0 Å². The normalized spacial score (nSPS) is 20.9. The summed E-state index contributed by atoms with van der Waals surface area (Å²) in [5.74, 6) is 0. The maximum atomic E-state index is 11.9. The topological polar surface area (TPSA) is 58.2 Å². The van der Waals surface area contributed by atoms with Gasteiger partial charge in [0.15, 0.2) is 0 Å². The monoisotopic (exact) mass is 338 g/mol. The molecule has 1 aromatic heterocycles. The van der Waals surface area contributed by atoms with Crippen LogP contribution in [0.5, 0.6) is 0 Å². The highest BCUT2D eigenvalue weighted by Gasteiger charge is 2.20. The second-order valence-corrected chi connectivity index (χ2v) is 7.77. The van der Waals surface area contributed by atoms with Crippen molar-refractivity contribution in [3.05, 3.63) is 15.9 Å². The molecule has 7 heteroatoms. The van der Waals surface area contributed by atoms with Crippen LogP contribution in [0.15, 0.2) is 20.1 Å². The molecule has 0 radical (unpaired) electrons. The van der Waals surface area contributed by atoms with Crippen LogP contribution < -0.4 is 10.0 Å². The van der Waals surface area contributed by atoms with Crippen molar-refractivity contribution in [3.63, 3.8) is 0 Å². The Morgan fingerprint density at radius 1 is 1.59 bits per heavy atom. The fraction of sp³-hybridized carbons (Fsp3) is 0.600. The molecular weight excluding hydrogens is 324 g/mol. The number of nitrogens with one attached hydrogen (secondary N) is 2. The molecule has 2 N–H and O–H groups in total. The van der Waals surface area contributed by atoms with E-state index in [1.54, 1.807) is 11.4 Å². The van der Waals surface area contributed by atoms with Gasteiger partial charge in [0.2, 0.25) is 0 Å². The number of hydrogen-bond donors (Lipinski definition) is 2. The van der Waals surface area contributed by atoms with E-state index in [1.807, 2.05) is 0 Å². The predicted molar refractivity (Wildman–Crippen MR) is 72.8 cm³/mol. The molecule has 0 saturated carbocycles. The first-order valence-corrected chi connectivity index (χ1v) is 8.71. The molecule has 96 valence electrons. The van der Waals surface area contributed by atoms with Crippen molar-refractivity contribution in [3.8, 4) is 0 Å². The zero-order valence-electron chi connectivity index (χ0n) is 9.28. The van der Waals surface area contributed by atoms with E-state index in [1.165, 1.54) is 17.8 Å². The molecular formula is C10H15BrN2O2S2. The van der Waals surface area contributed by atoms with Crippen molar-refractivity contribution < 1.29 is 8.42 Å². The van der Waals surface area contributed by atoms with E-state index in [-0.39, 0.29) is 0 Å². The molecule has 0 spiro atoms. The fourth-order valence-corrected chi connectivity index (χ4v) is 5.34. The summed E-state index contributed by atoms with van der Waals surface area (Å²) in [5.41, 5.74) is 0. The van der Waals surface area contributed by atoms with Gasteiger partial charge in [-0.1, -0.05) is 0 Å². The quantitative estimate of drug-likeness (QED) is 0.862. The summed E-state index contributed by atoms with van der Waals surface area (Å²) in [6.07, 6.45) is 3.18. The molecule has 0 bridgehead atoms. The molecule has 0 aliphatic carbocycles. The Hall–Kier alpha value is 0.0500. The molecule has 1 aromatic rings. The van der Waals surface area contributed by atoms with E-state index >= 15 is 0 Å². The van der Waals surface area contributed by atoms with Gasteiger partial charge >= 0.3 is 0 Å². The highest BCUT2D eigenvalue weighted by atomic mass is 79.9. The minimum Gasteiger partial charge on any atom is -0.314 e. The van der Waals surface area contributed by atoms with Gasteiger partial charge in [0.1, 0.15) is 4.21 Å². The Morgan fingerprint density at radius 3 is 3.00 bits per heavy atom. The van der Waals surface area contributed by atoms with Crippen molar-refractivity contribution >= 4 is 37.3 Å². The second kappa shape index (κ2) is 5.79. The summed E-state index contributed by atoms with van der Waals surface area (Å²) < 4.78 is 27.5. The van der Waals surface area contributed by atoms with Gasteiger partial charge in [-0.05, 0) is 53.2 Å². The largest absolute Gasteiger partial charge is 0.314 e. The minimum atomic E-state index is -3.35. The smallest absolute Gasteiger partial charge is 0.251 e. The Bertz CT molecular complexity index is 466. The van der Waals surface area contributed by atoms with E-state index in [9.17, 15) is 8.42 Å². The third-order valence-electron chi connectivity index (χ3n) is 2.78. The summed E-state index contributed by atoms with van der Waals surface area (Å²) >= 11 is 4.47. The maximum Gasteiger partial charge on any atom is 0.251 e. The van der Waals surface area contributed by atoms with Gasteiger partial charge in [0, 0.05) is 17.1 Å². The first-order valence-electron chi connectivity index (χ1n) is 5.55. The summed E-state index contributed by atoms with van der Waals surface area (Å²) in [7, 11) is -3.35. The van der Waals surface area contributed by atoms with Crippen LogP contribution in [-0.2, 0) is 10.0 Å². The lowest BCUT2D eigenvalue weighted by Gasteiger charge is -2.10. The van der Waals surface area contributed by atoms with Gasteiger partial charge in [-0.3, -0.25) is 0 Å². The van der Waals surface area contributed by atoms with Gasteiger partial charge in [-0.25, -0.2) is 13.1 Å². The number of halogens is 1. The van der Waals surface area contributed by atoms with E-state index in [2.05, 4.69) is 26.0 Å². The van der Waals surface area contributed by atoms with E-state index in [0.717, 1.165) is 19.4 Å². The third-order valence-corrected chi connectivity index (χ3v) is 6.91. The van der Waals surface area contributed by atoms with Crippen LogP contribution in [0.3, 0.4) is 0 Å². The third kappa shape index (κ3) is 3.51. The Labute approximate surface area is 114 Å². The SMILES string of the molecule is O=S(=O)(NCCC1CCCN1)c1sccc1Br. The number of sulfonamides is 1. The average Bonchev–Trinajstić information content (AvgIpc) is 2.88. The van der Waals surface area contributed by atoms with Crippen LogP contribution in [0.2, 0.25) is 0 Å². The van der Waals surface area contributed by atoms with E-state index in [0.29, 0.717) is 21.3 Å². The zero-order valence-corrected chi connectivity index (χ0v) is 12.5. The second-order valence-electron chi connectivity index (χ2n) is 4.04. The van der Waals surface area contributed by atoms with Crippen molar-refractivity contribution in [1.29, 1.82) is 0 Å². The highest BCUT2D eigenvalue weighted by molar-refractivity contribution is 9.10. The highest BCUT2D eigenvalue weighted by Crippen LogP contribution is 2.27. The summed E-state index contributed by atoms with van der Waals surface area (Å²) in [5, 5.41) is 5.11. The van der Waals surface area contributed by atoms with Crippen LogP contribution in [0.4, 0.5) is 0 Å². The van der Waals surface area contributed by atoms with Gasteiger partial charge in [0.25, 0.3) is 10.0 Å². The molecule has 4 nitrogen and oxygen atoms in total. The molecule has 0 amide bonds. The van der Waals surface area contributed by atoms with Crippen LogP contribution in [-0.4, -0.2) is 27.5 Å². The van der Waals surface area contributed by atoms with Crippen LogP contribution >= 0.6 is 27.3 Å². The zero-order chi connectivity index (χ0) is 12.3. The molecule has 17 heavy (non-hydrogen) atoms. The lowest BCUT2D eigenvalue weighted by atomic mass is 10.2. The molecule has 2 heterocycles.